The third-order valence-corrected chi connectivity index (χ3v) is 3.20. The van der Waals surface area contributed by atoms with E-state index in [4.69, 9.17) is 5.14 Å². The van der Waals surface area contributed by atoms with E-state index in [0.717, 1.165) is 12.0 Å². The predicted octanol–water partition coefficient (Wildman–Crippen LogP) is 1.43. The summed E-state index contributed by atoms with van der Waals surface area (Å²) in [5.74, 6) is 0.138. The van der Waals surface area contributed by atoms with Gasteiger partial charge in [0.25, 0.3) is 0 Å². The quantitative estimate of drug-likeness (QED) is 0.808. The molecule has 1 atom stereocenters. The van der Waals surface area contributed by atoms with Gasteiger partial charge >= 0.3 is 0 Å². The Morgan fingerprint density at radius 3 is 2.47 bits per heavy atom. The van der Waals surface area contributed by atoms with Crippen LogP contribution in [0.25, 0.3) is 0 Å². The van der Waals surface area contributed by atoms with Gasteiger partial charge in [0.05, 0.1) is 11.4 Å². The highest BCUT2D eigenvalue weighted by Gasteiger charge is 2.09. The highest BCUT2D eigenvalue weighted by molar-refractivity contribution is 7.89. The summed E-state index contributed by atoms with van der Waals surface area (Å²) < 4.78 is 11.0. The molecule has 0 saturated heterocycles. The van der Waals surface area contributed by atoms with E-state index in [9.17, 15) is 9.35 Å². The molecule has 2 N–H and O–H groups in total. The number of carbonyl (C=O) groups excluding carboxylic acids is 1. The van der Waals surface area contributed by atoms with Crippen LogP contribution in [-0.4, -0.2) is 22.4 Å². The Morgan fingerprint density at radius 2 is 2.00 bits per heavy atom. The van der Waals surface area contributed by atoms with E-state index in [1.165, 1.54) is 0 Å². The van der Waals surface area contributed by atoms with Crippen molar-refractivity contribution in [3.8, 4) is 0 Å². The van der Waals surface area contributed by atoms with Gasteiger partial charge in [-0.15, -0.1) is 5.14 Å². The van der Waals surface area contributed by atoms with Crippen LogP contribution in [0.5, 0.6) is 0 Å². The van der Waals surface area contributed by atoms with Gasteiger partial charge in [-0.1, -0.05) is 19.1 Å². The molecule has 1 amide bonds. The van der Waals surface area contributed by atoms with Gasteiger partial charge < -0.3 is 9.45 Å². The van der Waals surface area contributed by atoms with Crippen LogP contribution in [0.4, 0.5) is 0 Å². The number of rotatable bonds is 5. The molecule has 0 spiro atoms. The Kier molecular flexibility index (Phi) is 5.47. The van der Waals surface area contributed by atoms with Crippen LogP contribution < -0.4 is 5.14 Å². The second kappa shape index (κ2) is 6.64. The molecule has 4 nitrogen and oxygen atoms in total. The first-order chi connectivity index (χ1) is 8.04. The number of hydrogen-bond donors (Lipinski definition) is 1. The van der Waals surface area contributed by atoms with Gasteiger partial charge in [-0.3, -0.25) is 4.79 Å². The summed E-state index contributed by atoms with van der Waals surface area (Å²) in [4.78, 5) is 13.9. The first-order valence-corrected chi connectivity index (χ1v) is 6.75. The Balaban J connectivity index is 2.60. The Labute approximate surface area is 105 Å². The van der Waals surface area contributed by atoms with Gasteiger partial charge in [0.1, 0.15) is 0 Å². The van der Waals surface area contributed by atoms with E-state index in [1.54, 1.807) is 24.1 Å². The van der Waals surface area contributed by atoms with Crippen LogP contribution >= 0.6 is 0 Å². The third kappa shape index (κ3) is 4.38. The highest BCUT2D eigenvalue weighted by atomic mass is 32.2. The molecule has 0 aliphatic carbocycles. The van der Waals surface area contributed by atoms with E-state index < -0.39 is 11.4 Å². The largest absolute Gasteiger partial charge is 0.593 e. The molecule has 0 heterocycles. The number of hydrogen-bond acceptors (Lipinski definition) is 3. The van der Waals surface area contributed by atoms with Crippen LogP contribution in [-0.2, 0) is 22.7 Å². The fourth-order valence-electron chi connectivity index (χ4n) is 1.50. The number of nitrogens with two attached hydrogens (primary N) is 1. The maximum atomic E-state index is 11.6. The van der Waals surface area contributed by atoms with E-state index >= 15 is 0 Å². The maximum Gasteiger partial charge on any atom is 0.222 e. The topological polar surface area (TPSA) is 69.4 Å². The molecule has 0 aliphatic heterocycles. The van der Waals surface area contributed by atoms with Crippen molar-refractivity contribution in [2.24, 2.45) is 5.14 Å². The van der Waals surface area contributed by atoms with Crippen molar-refractivity contribution < 1.29 is 9.35 Å². The van der Waals surface area contributed by atoms with E-state index in [1.807, 2.05) is 19.1 Å². The Morgan fingerprint density at radius 1 is 1.41 bits per heavy atom. The monoisotopic (exact) mass is 254 g/mol. The van der Waals surface area contributed by atoms with Crippen molar-refractivity contribution in [3.63, 3.8) is 0 Å². The van der Waals surface area contributed by atoms with E-state index in [0.29, 0.717) is 17.9 Å². The minimum Gasteiger partial charge on any atom is -0.593 e. The standard InChI is InChI=1S/C12H18N2O2S/c1-3-4-12(15)14(2)9-10-5-7-11(8-6-10)17(13)16/h5-8H,3-4,9,13H2,1-2H3. The van der Waals surface area contributed by atoms with Crippen molar-refractivity contribution in [3.05, 3.63) is 29.8 Å². The normalized spacial score (nSPS) is 12.2. The molecule has 0 radical (unpaired) electrons. The highest BCUT2D eigenvalue weighted by Crippen LogP contribution is 2.10. The minimum atomic E-state index is -1.44. The average Bonchev–Trinajstić information content (AvgIpc) is 2.30. The van der Waals surface area contributed by atoms with Crippen molar-refractivity contribution in [1.29, 1.82) is 0 Å². The number of benzene rings is 1. The minimum absolute atomic E-state index is 0.138. The Bertz CT molecular complexity index is 365. The molecular formula is C12H18N2O2S. The molecule has 0 bridgehead atoms. The Hall–Kier alpha value is -1.04. The summed E-state index contributed by atoms with van der Waals surface area (Å²) in [5.41, 5.74) is 1.01. The second-order valence-electron chi connectivity index (χ2n) is 3.94. The third-order valence-electron chi connectivity index (χ3n) is 2.47. The lowest BCUT2D eigenvalue weighted by Crippen LogP contribution is -2.25. The van der Waals surface area contributed by atoms with Gasteiger partial charge in [0, 0.05) is 20.0 Å². The first kappa shape index (κ1) is 14.0. The maximum absolute atomic E-state index is 11.6. The molecule has 1 unspecified atom stereocenters. The fourth-order valence-corrected chi connectivity index (χ4v) is 1.90. The summed E-state index contributed by atoms with van der Waals surface area (Å²) in [6.45, 7) is 2.55. The first-order valence-electron chi connectivity index (χ1n) is 5.53. The SMILES string of the molecule is CCCC(=O)N(C)Cc1ccc([S+](N)[O-])cc1. The molecule has 0 saturated carbocycles. The van der Waals surface area contributed by atoms with Crippen molar-refractivity contribution in [2.45, 2.75) is 31.2 Å². The smallest absolute Gasteiger partial charge is 0.222 e. The van der Waals surface area contributed by atoms with Gasteiger partial charge in [-0.2, -0.15) is 0 Å². The fraction of sp³-hybridized carbons (Fsp3) is 0.417. The van der Waals surface area contributed by atoms with Gasteiger partial charge in [0.2, 0.25) is 5.91 Å². The molecule has 0 aliphatic rings. The zero-order valence-electron chi connectivity index (χ0n) is 10.2. The van der Waals surface area contributed by atoms with Crippen LogP contribution in [0.1, 0.15) is 25.3 Å². The summed E-state index contributed by atoms with van der Waals surface area (Å²) in [5, 5.41) is 5.26. The molecule has 0 aromatic heterocycles. The zero-order valence-corrected chi connectivity index (χ0v) is 11.0. The van der Waals surface area contributed by atoms with Crippen LogP contribution in [0.15, 0.2) is 29.2 Å². The van der Waals surface area contributed by atoms with Crippen molar-refractivity contribution in [1.82, 2.24) is 4.90 Å². The van der Waals surface area contributed by atoms with E-state index in [2.05, 4.69) is 0 Å². The summed E-state index contributed by atoms with van der Waals surface area (Å²) >= 11 is -1.44. The molecular weight excluding hydrogens is 236 g/mol. The lowest BCUT2D eigenvalue weighted by Gasteiger charge is -2.17. The van der Waals surface area contributed by atoms with Crippen LogP contribution in [0.3, 0.4) is 0 Å². The summed E-state index contributed by atoms with van der Waals surface area (Å²) in [6.07, 6.45) is 1.43. The van der Waals surface area contributed by atoms with Crippen LogP contribution in [0.2, 0.25) is 0 Å². The molecule has 1 aromatic carbocycles. The number of carbonyl (C=O) groups is 1. The summed E-state index contributed by atoms with van der Waals surface area (Å²) in [6, 6.07) is 7.14. The molecule has 94 valence electrons. The molecule has 17 heavy (non-hydrogen) atoms. The second-order valence-corrected chi connectivity index (χ2v) is 5.01. The molecule has 5 heteroatoms. The van der Waals surface area contributed by atoms with Crippen LogP contribution in [0, 0.1) is 0 Å². The lowest BCUT2D eigenvalue weighted by molar-refractivity contribution is -0.130. The van der Waals surface area contributed by atoms with Crippen molar-refractivity contribution in [2.75, 3.05) is 7.05 Å². The lowest BCUT2D eigenvalue weighted by atomic mass is 10.2. The van der Waals surface area contributed by atoms with Gasteiger partial charge in [-0.05, 0) is 24.1 Å². The summed E-state index contributed by atoms with van der Waals surface area (Å²) in [7, 11) is 1.78. The number of nitrogens with zero attached hydrogens (tertiary/aromatic N) is 1. The van der Waals surface area contributed by atoms with E-state index in [-0.39, 0.29) is 5.91 Å². The van der Waals surface area contributed by atoms with Gasteiger partial charge in [-0.25, -0.2) is 0 Å². The predicted molar refractivity (Wildman–Crippen MR) is 68.4 cm³/mol. The average molecular weight is 254 g/mol. The molecule has 1 rings (SSSR count). The van der Waals surface area contributed by atoms with Gasteiger partial charge in [0.15, 0.2) is 4.90 Å². The molecule has 1 aromatic rings. The van der Waals surface area contributed by atoms with Crippen molar-refractivity contribution >= 4 is 17.3 Å². The molecule has 0 fully saturated rings. The zero-order chi connectivity index (χ0) is 12.8. The number of amides is 1.